The van der Waals surface area contributed by atoms with Crippen LogP contribution in [-0.2, 0) is 6.54 Å². The number of nitrogens with zero attached hydrogens (tertiary/aromatic N) is 4. The number of aliphatic imine (C=N–C) groups is 1. The minimum Gasteiger partial charge on any atom is -0.354 e. The molecule has 3 rings (SSSR count). The summed E-state index contributed by atoms with van der Waals surface area (Å²) in [5.41, 5.74) is 2.20. The van der Waals surface area contributed by atoms with Crippen LogP contribution in [0.3, 0.4) is 0 Å². The lowest BCUT2D eigenvalue weighted by atomic mass is 10.1. The van der Waals surface area contributed by atoms with Gasteiger partial charge in [0.2, 0.25) is 0 Å². The van der Waals surface area contributed by atoms with Crippen LogP contribution in [0.2, 0.25) is 0 Å². The Labute approximate surface area is 179 Å². The molecule has 1 aromatic carbocycles. The molecule has 1 fully saturated rings. The van der Waals surface area contributed by atoms with E-state index in [0.29, 0.717) is 12.6 Å². The summed E-state index contributed by atoms with van der Waals surface area (Å²) in [6.45, 7) is 6.51. The summed E-state index contributed by atoms with van der Waals surface area (Å²) in [4.78, 5) is 6.92. The van der Waals surface area contributed by atoms with E-state index >= 15 is 0 Å². The van der Waals surface area contributed by atoms with E-state index in [2.05, 4.69) is 50.9 Å². The zero-order valence-corrected chi connectivity index (χ0v) is 18.6. The van der Waals surface area contributed by atoms with Gasteiger partial charge < -0.3 is 15.5 Å². The van der Waals surface area contributed by atoms with Crippen LogP contribution in [0, 0.1) is 0 Å². The topological polar surface area (TPSA) is 57.5 Å². The van der Waals surface area contributed by atoms with Crippen LogP contribution in [0.5, 0.6) is 0 Å². The minimum absolute atomic E-state index is 0. The Bertz CT molecular complexity index is 692. The average Bonchev–Trinajstić information content (AvgIpc) is 3.16. The molecule has 7 heteroatoms. The molecule has 0 aliphatic carbocycles. The van der Waals surface area contributed by atoms with Crippen molar-refractivity contribution in [2.45, 2.75) is 38.8 Å². The number of halogens is 1. The van der Waals surface area contributed by atoms with Crippen molar-refractivity contribution in [3.8, 4) is 5.69 Å². The van der Waals surface area contributed by atoms with Crippen molar-refractivity contribution in [1.29, 1.82) is 0 Å². The van der Waals surface area contributed by atoms with E-state index in [4.69, 9.17) is 0 Å². The van der Waals surface area contributed by atoms with Gasteiger partial charge in [-0.05, 0) is 37.9 Å². The second-order valence-electron chi connectivity index (χ2n) is 6.81. The van der Waals surface area contributed by atoms with Crippen molar-refractivity contribution in [2.75, 3.05) is 26.7 Å². The first-order valence-electron chi connectivity index (χ1n) is 9.57. The third-order valence-electron chi connectivity index (χ3n) is 4.81. The lowest BCUT2D eigenvalue weighted by Crippen LogP contribution is -2.48. The molecule has 1 saturated heterocycles. The van der Waals surface area contributed by atoms with Crippen LogP contribution in [0.25, 0.3) is 5.69 Å². The quantitative estimate of drug-likeness (QED) is 0.378. The first kappa shape index (κ1) is 21.7. The number of piperidine rings is 1. The maximum atomic E-state index is 4.44. The largest absolute Gasteiger partial charge is 0.354 e. The number of hydrogen-bond acceptors (Lipinski definition) is 3. The van der Waals surface area contributed by atoms with Gasteiger partial charge in [0.05, 0.1) is 11.9 Å². The number of benzene rings is 1. The summed E-state index contributed by atoms with van der Waals surface area (Å²) >= 11 is 0. The van der Waals surface area contributed by atoms with E-state index < -0.39 is 0 Å². The van der Waals surface area contributed by atoms with Crippen molar-refractivity contribution in [3.05, 3.63) is 48.3 Å². The smallest absolute Gasteiger partial charge is 0.191 e. The second-order valence-corrected chi connectivity index (χ2v) is 6.81. The Kier molecular flexibility index (Phi) is 9.06. The van der Waals surface area contributed by atoms with Crippen LogP contribution < -0.4 is 10.6 Å². The Hall–Kier alpha value is -1.61. The number of guanidine groups is 1. The molecule has 2 aromatic rings. The molecule has 2 heterocycles. The highest BCUT2D eigenvalue weighted by atomic mass is 127. The fourth-order valence-electron chi connectivity index (χ4n) is 3.36. The molecule has 1 aliphatic rings. The summed E-state index contributed by atoms with van der Waals surface area (Å²) in [5.74, 6) is 0.867. The molecule has 1 aromatic heterocycles. The molecule has 6 nitrogen and oxygen atoms in total. The molecular formula is C20H31IN6. The third kappa shape index (κ3) is 6.49. The predicted octanol–water partition coefficient (Wildman–Crippen LogP) is 3.03. The van der Waals surface area contributed by atoms with Gasteiger partial charge in [0.1, 0.15) is 0 Å². The van der Waals surface area contributed by atoms with Crippen molar-refractivity contribution in [1.82, 2.24) is 25.3 Å². The van der Waals surface area contributed by atoms with E-state index in [1.807, 2.05) is 36.1 Å². The van der Waals surface area contributed by atoms with Gasteiger partial charge in [-0.15, -0.1) is 24.0 Å². The number of nitrogens with one attached hydrogen (secondary N) is 2. The molecule has 0 unspecified atom stereocenters. The molecular weight excluding hydrogens is 451 g/mol. The molecule has 0 saturated carbocycles. The third-order valence-corrected chi connectivity index (χ3v) is 4.81. The highest BCUT2D eigenvalue weighted by Crippen LogP contribution is 2.11. The SMILES string of the molecule is CCCN1CCC(NC(=NC)NCc2cnn(-c3ccccc3)c2)CC1.I. The highest BCUT2D eigenvalue weighted by molar-refractivity contribution is 14.0. The number of aromatic nitrogens is 2. The predicted molar refractivity (Wildman–Crippen MR) is 122 cm³/mol. The van der Waals surface area contributed by atoms with Gasteiger partial charge in [-0.3, -0.25) is 4.99 Å². The van der Waals surface area contributed by atoms with E-state index in [0.717, 1.165) is 17.2 Å². The lowest BCUT2D eigenvalue weighted by Gasteiger charge is -2.32. The zero-order chi connectivity index (χ0) is 18.2. The van der Waals surface area contributed by atoms with Gasteiger partial charge in [-0.2, -0.15) is 5.10 Å². The summed E-state index contributed by atoms with van der Waals surface area (Å²) in [5, 5.41) is 11.4. The van der Waals surface area contributed by atoms with E-state index in [9.17, 15) is 0 Å². The van der Waals surface area contributed by atoms with Gasteiger partial charge in [-0.1, -0.05) is 25.1 Å². The first-order valence-corrected chi connectivity index (χ1v) is 9.57. The summed E-state index contributed by atoms with van der Waals surface area (Å²) < 4.78 is 1.90. The molecule has 0 spiro atoms. The fraction of sp³-hybridized carbons (Fsp3) is 0.500. The maximum absolute atomic E-state index is 4.44. The Balaban J connectivity index is 0.00000261. The number of rotatable bonds is 6. The summed E-state index contributed by atoms with van der Waals surface area (Å²) in [7, 11) is 1.83. The Morgan fingerprint density at radius 3 is 2.63 bits per heavy atom. The molecule has 1 aliphatic heterocycles. The minimum atomic E-state index is 0. The lowest BCUT2D eigenvalue weighted by molar-refractivity contribution is 0.206. The van der Waals surface area contributed by atoms with E-state index in [1.54, 1.807) is 0 Å². The van der Waals surface area contributed by atoms with E-state index in [-0.39, 0.29) is 24.0 Å². The zero-order valence-electron chi connectivity index (χ0n) is 16.3. The molecule has 0 atom stereocenters. The molecule has 0 amide bonds. The van der Waals surface area contributed by atoms with Gasteiger partial charge in [0.15, 0.2) is 5.96 Å². The highest BCUT2D eigenvalue weighted by Gasteiger charge is 2.19. The van der Waals surface area contributed by atoms with Crippen molar-refractivity contribution >= 4 is 29.9 Å². The van der Waals surface area contributed by atoms with Crippen molar-refractivity contribution < 1.29 is 0 Å². The first-order chi connectivity index (χ1) is 12.8. The summed E-state index contributed by atoms with van der Waals surface area (Å²) in [6, 6.07) is 10.7. The Morgan fingerprint density at radius 1 is 1.22 bits per heavy atom. The van der Waals surface area contributed by atoms with Gasteiger partial charge in [0, 0.05) is 44.5 Å². The van der Waals surface area contributed by atoms with Crippen LogP contribution in [0.4, 0.5) is 0 Å². The van der Waals surface area contributed by atoms with Crippen LogP contribution >= 0.6 is 24.0 Å². The van der Waals surface area contributed by atoms with Gasteiger partial charge >= 0.3 is 0 Å². The fourth-order valence-corrected chi connectivity index (χ4v) is 3.36. The van der Waals surface area contributed by atoms with Crippen LogP contribution in [0.1, 0.15) is 31.7 Å². The monoisotopic (exact) mass is 482 g/mol. The molecule has 148 valence electrons. The van der Waals surface area contributed by atoms with Crippen LogP contribution in [-0.4, -0.2) is 53.4 Å². The van der Waals surface area contributed by atoms with Crippen LogP contribution in [0.15, 0.2) is 47.7 Å². The molecule has 2 N–H and O–H groups in total. The second kappa shape index (κ2) is 11.3. The number of hydrogen-bond donors (Lipinski definition) is 2. The molecule has 0 radical (unpaired) electrons. The van der Waals surface area contributed by atoms with Crippen molar-refractivity contribution in [3.63, 3.8) is 0 Å². The number of likely N-dealkylation sites (tertiary alicyclic amines) is 1. The summed E-state index contributed by atoms with van der Waals surface area (Å²) in [6.07, 6.45) is 7.53. The van der Waals surface area contributed by atoms with E-state index in [1.165, 1.54) is 38.9 Å². The van der Waals surface area contributed by atoms with Gasteiger partial charge in [-0.25, -0.2) is 4.68 Å². The molecule has 27 heavy (non-hydrogen) atoms. The van der Waals surface area contributed by atoms with Gasteiger partial charge in [0.25, 0.3) is 0 Å². The standard InChI is InChI=1S/C20H30N6.HI/c1-3-11-25-12-9-18(10-13-25)24-20(21-2)22-14-17-15-23-26(16-17)19-7-5-4-6-8-19;/h4-8,15-16,18H,3,9-14H2,1-2H3,(H2,21,22,24);1H. The normalized spacial score (nSPS) is 16.0. The van der Waals surface area contributed by atoms with Crippen molar-refractivity contribution in [2.24, 2.45) is 4.99 Å². The molecule has 0 bridgehead atoms. The maximum Gasteiger partial charge on any atom is 0.191 e. The average molecular weight is 482 g/mol. The number of para-hydroxylation sites is 1. The Morgan fingerprint density at radius 2 is 1.96 bits per heavy atom.